The lowest BCUT2D eigenvalue weighted by Crippen LogP contribution is -2.01. The minimum Gasteiger partial charge on any atom is -0.477 e. The van der Waals surface area contributed by atoms with Crippen molar-refractivity contribution in [3.8, 4) is 0 Å². The van der Waals surface area contributed by atoms with E-state index in [0.29, 0.717) is 5.52 Å². The van der Waals surface area contributed by atoms with Gasteiger partial charge in [0.15, 0.2) is 0 Å². The zero-order chi connectivity index (χ0) is 14.8. The lowest BCUT2D eigenvalue weighted by molar-refractivity contribution is 0.0690. The second kappa shape index (κ2) is 5.83. The molecule has 1 aromatic carbocycles. The first-order valence-electron chi connectivity index (χ1n) is 6.06. The molecule has 3 rings (SSSR count). The molecular formula is C15H9BrN2O2S. The van der Waals surface area contributed by atoms with Crippen molar-refractivity contribution >= 4 is 44.6 Å². The van der Waals surface area contributed by atoms with Crippen LogP contribution < -0.4 is 0 Å². The van der Waals surface area contributed by atoms with Crippen molar-refractivity contribution in [1.82, 2.24) is 9.97 Å². The number of carboxylic acids is 1. The van der Waals surface area contributed by atoms with Gasteiger partial charge in [-0.25, -0.2) is 14.8 Å². The van der Waals surface area contributed by atoms with Gasteiger partial charge in [0.1, 0.15) is 10.7 Å². The summed E-state index contributed by atoms with van der Waals surface area (Å²) in [6.45, 7) is 0. The number of hydrogen-bond donors (Lipinski definition) is 1. The fourth-order valence-corrected chi connectivity index (χ4v) is 3.33. The van der Waals surface area contributed by atoms with E-state index in [2.05, 4.69) is 25.9 Å². The quantitative estimate of drug-likeness (QED) is 0.756. The lowest BCUT2D eigenvalue weighted by atomic mass is 10.2. The van der Waals surface area contributed by atoms with Gasteiger partial charge < -0.3 is 5.11 Å². The number of aromatic nitrogens is 2. The normalized spacial score (nSPS) is 10.7. The number of nitrogens with zero attached hydrogens (tertiary/aromatic N) is 2. The summed E-state index contributed by atoms with van der Waals surface area (Å²) in [4.78, 5) is 20.5. The molecule has 0 unspecified atom stereocenters. The van der Waals surface area contributed by atoms with Crippen LogP contribution in [0.15, 0.2) is 63.1 Å². The first-order chi connectivity index (χ1) is 10.1. The molecule has 0 spiro atoms. The molecule has 4 nitrogen and oxygen atoms in total. The summed E-state index contributed by atoms with van der Waals surface area (Å²) in [6, 6.07) is 12.8. The van der Waals surface area contributed by atoms with Crippen molar-refractivity contribution in [3.63, 3.8) is 0 Å². The molecule has 0 saturated heterocycles. The van der Waals surface area contributed by atoms with Crippen LogP contribution in [0.5, 0.6) is 0 Å². The van der Waals surface area contributed by atoms with Crippen molar-refractivity contribution in [2.24, 2.45) is 0 Å². The minimum atomic E-state index is -1.04. The molecule has 0 saturated carbocycles. The van der Waals surface area contributed by atoms with E-state index in [1.165, 1.54) is 11.8 Å². The largest absolute Gasteiger partial charge is 0.477 e. The highest BCUT2D eigenvalue weighted by Gasteiger charge is 2.13. The van der Waals surface area contributed by atoms with E-state index in [0.717, 1.165) is 19.8 Å². The molecule has 2 aromatic heterocycles. The summed E-state index contributed by atoms with van der Waals surface area (Å²) in [5.74, 6) is -1.04. The van der Waals surface area contributed by atoms with Crippen molar-refractivity contribution < 1.29 is 9.90 Å². The van der Waals surface area contributed by atoms with Gasteiger partial charge in [0, 0.05) is 16.5 Å². The Morgan fingerprint density at radius 1 is 1.19 bits per heavy atom. The Morgan fingerprint density at radius 2 is 2.00 bits per heavy atom. The molecule has 2 heterocycles. The van der Waals surface area contributed by atoms with E-state index in [4.69, 9.17) is 0 Å². The molecule has 0 radical (unpaired) electrons. The number of pyridine rings is 2. The molecule has 1 N–H and O–H groups in total. The molecule has 0 bridgehead atoms. The van der Waals surface area contributed by atoms with Crippen LogP contribution in [0.4, 0.5) is 0 Å². The summed E-state index contributed by atoms with van der Waals surface area (Å²) >= 11 is 4.86. The number of carbonyl (C=O) groups is 1. The Kier molecular flexibility index (Phi) is 3.90. The first-order valence-corrected chi connectivity index (χ1v) is 7.67. The molecule has 104 valence electrons. The predicted molar refractivity (Wildman–Crippen MR) is 84.8 cm³/mol. The highest BCUT2D eigenvalue weighted by molar-refractivity contribution is 9.10. The Labute approximate surface area is 133 Å². The minimum absolute atomic E-state index is 0.0308. The smallest absolute Gasteiger partial charge is 0.354 e. The standard InChI is InChI=1S/C15H9BrN2O2S/c16-10-5-3-7-17-14(10)21-13-8-12(15(19)20)18-11-6-2-1-4-9(11)13/h1-8H,(H,19,20). The van der Waals surface area contributed by atoms with Crippen LogP contribution in [-0.4, -0.2) is 21.0 Å². The Morgan fingerprint density at radius 3 is 2.76 bits per heavy atom. The van der Waals surface area contributed by atoms with Crippen LogP contribution >= 0.6 is 27.7 Å². The fraction of sp³-hybridized carbons (Fsp3) is 0. The number of fused-ring (bicyclic) bond motifs is 1. The van der Waals surface area contributed by atoms with Gasteiger partial charge in [0.2, 0.25) is 0 Å². The Hall–Kier alpha value is -1.92. The van der Waals surface area contributed by atoms with Crippen LogP contribution in [0.3, 0.4) is 0 Å². The maximum Gasteiger partial charge on any atom is 0.354 e. The second-order valence-corrected chi connectivity index (χ2v) is 6.11. The predicted octanol–water partition coefficient (Wildman–Crippen LogP) is 4.24. The van der Waals surface area contributed by atoms with Crippen molar-refractivity contribution in [2.45, 2.75) is 9.92 Å². The first kappa shape index (κ1) is 14.0. The molecule has 0 aliphatic rings. The van der Waals surface area contributed by atoms with Gasteiger partial charge in [-0.1, -0.05) is 30.0 Å². The van der Waals surface area contributed by atoms with Crippen molar-refractivity contribution in [3.05, 3.63) is 58.8 Å². The summed E-state index contributed by atoms with van der Waals surface area (Å²) in [6.07, 6.45) is 1.70. The third-order valence-corrected chi connectivity index (χ3v) is 4.81. The van der Waals surface area contributed by atoms with Gasteiger partial charge in [-0.05, 0) is 40.2 Å². The highest BCUT2D eigenvalue weighted by Crippen LogP contribution is 2.35. The van der Waals surface area contributed by atoms with Crippen molar-refractivity contribution in [1.29, 1.82) is 0 Å². The number of halogens is 1. The number of aromatic carboxylic acids is 1. The summed E-state index contributed by atoms with van der Waals surface area (Å²) in [7, 11) is 0. The third kappa shape index (κ3) is 2.91. The molecule has 0 aliphatic heterocycles. The van der Waals surface area contributed by atoms with E-state index >= 15 is 0 Å². The molecule has 0 atom stereocenters. The molecule has 0 amide bonds. The molecule has 21 heavy (non-hydrogen) atoms. The highest BCUT2D eigenvalue weighted by atomic mass is 79.9. The van der Waals surface area contributed by atoms with Crippen LogP contribution in [0.1, 0.15) is 10.5 Å². The van der Waals surface area contributed by atoms with Gasteiger partial charge >= 0.3 is 5.97 Å². The molecule has 0 fully saturated rings. The van der Waals surface area contributed by atoms with Crippen LogP contribution in [0.25, 0.3) is 10.9 Å². The Balaban J connectivity index is 2.16. The van der Waals surface area contributed by atoms with Gasteiger partial charge in [0.05, 0.1) is 9.99 Å². The maximum absolute atomic E-state index is 11.2. The molecular weight excluding hydrogens is 352 g/mol. The molecule has 3 aromatic rings. The number of para-hydroxylation sites is 1. The van der Waals surface area contributed by atoms with Gasteiger partial charge in [-0.2, -0.15) is 0 Å². The van der Waals surface area contributed by atoms with Crippen LogP contribution in [0.2, 0.25) is 0 Å². The number of hydrogen-bond acceptors (Lipinski definition) is 4. The zero-order valence-corrected chi connectivity index (χ0v) is 13.1. The summed E-state index contributed by atoms with van der Waals surface area (Å²) in [5, 5.41) is 10.9. The fourth-order valence-electron chi connectivity index (χ4n) is 1.89. The van der Waals surface area contributed by atoms with E-state index in [1.807, 2.05) is 30.3 Å². The van der Waals surface area contributed by atoms with E-state index in [1.54, 1.807) is 18.3 Å². The van der Waals surface area contributed by atoms with E-state index in [9.17, 15) is 9.90 Å². The number of rotatable bonds is 3. The van der Waals surface area contributed by atoms with Crippen LogP contribution in [-0.2, 0) is 0 Å². The van der Waals surface area contributed by atoms with Crippen molar-refractivity contribution in [2.75, 3.05) is 0 Å². The number of benzene rings is 1. The summed E-state index contributed by atoms with van der Waals surface area (Å²) in [5.41, 5.74) is 0.690. The average Bonchev–Trinajstić information content (AvgIpc) is 2.49. The monoisotopic (exact) mass is 360 g/mol. The zero-order valence-electron chi connectivity index (χ0n) is 10.7. The van der Waals surface area contributed by atoms with Gasteiger partial charge in [-0.15, -0.1) is 0 Å². The van der Waals surface area contributed by atoms with Crippen LogP contribution in [0, 0.1) is 0 Å². The second-order valence-electron chi connectivity index (χ2n) is 4.22. The average molecular weight is 361 g/mol. The summed E-state index contributed by atoms with van der Waals surface area (Å²) < 4.78 is 0.868. The topological polar surface area (TPSA) is 63.1 Å². The third-order valence-electron chi connectivity index (χ3n) is 2.83. The number of carboxylic acid groups (broad SMARTS) is 1. The molecule has 6 heteroatoms. The SMILES string of the molecule is O=C(O)c1cc(Sc2ncccc2Br)c2ccccc2n1. The van der Waals surface area contributed by atoms with Gasteiger partial charge in [0.25, 0.3) is 0 Å². The Bertz CT molecular complexity index is 839. The van der Waals surface area contributed by atoms with E-state index < -0.39 is 5.97 Å². The van der Waals surface area contributed by atoms with Gasteiger partial charge in [-0.3, -0.25) is 0 Å². The lowest BCUT2D eigenvalue weighted by Gasteiger charge is -2.08. The molecule has 0 aliphatic carbocycles. The van der Waals surface area contributed by atoms with E-state index in [-0.39, 0.29) is 5.69 Å². The maximum atomic E-state index is 11.2.